The molecule has 212 valence electrons. The average Bonchev–Trinajstić information content (AvgIpc) is 3.64. The number of ether oxygens (including phenoxy) is 3. The fraction of sp³-hybridized carbons (Fsp3) is 0.519. The van der Waals surface area contributed by atoms with Crippen molar-refractivity contribution in [1.82, 2.24) is 9.88 Å². The van der Waals surface area contributed by atoms with Gasteiger partial charge in [-0.05, 0) is 55.7 Å². The van der Waals surface area contributed by atoms with Crippen LogP contribution in [0.5, 0.6) is 11.5 Å². The van der Waals surface area contributed by atoms with Crippen molar-refractivity contribution >= 4 is 46.9 Å². The Morgan fingerprint density at radius 1 is 1.05 bits per heavy atom. The van der Waals surface area contributed by atoms with Gasteiger partial charge in [-0.15, -0.1) is 11.8 Å². The monoisotopic (exact) mass is 588 g/mol. The van der Waals surface area contributed by atoms with Gasteiger partial charge in [-0.2, -0.15) is 0 Å². The fourth-order valence-electron chi connectivity index (χ4n) is 7.19. The lowest BCUT2D eigenvalue weighted by Crippen LogP contribution is -2.42. The van der Waals surface area contributed by atoms with Crippen LogP contribution in [0.3, 0.4) is 0 Å². The predicted molar refractivity (Wildman–Crippen MR) is 143 cm³/mol. The molecule has 13 heteroatoms. The smallest absolute Gasteiger partial charge is 0.344 e. The summed E-state index contributed by atoms with van der Waals surface area (Å²) in [5, 5.41) is 10.0. The first-order valence-electron chi connectivity index (χ1n) is 13.2. The molecular formula is C27H28N2O9S2. The number of likely N-dealkylation sites (tertiary alicyclic amines) is 1. The SMILES string of the molecule is CCOC(=O)COc1ccc([C@H]2c3sc(=O)[nH]c3SC3C4CC(C5C(=O)N(CC(=O)O)C(=O)C45)C32)cc1OCC. The Labute approximate surface area is 237 Å². The fourth-order valence-corrected chi connectivity index (χ4v) is 10.1. The van der Waals surface area contributed by atoms with Gasteiger partial charge in [-0.25, -0.2) is 4.79 Å². The molecule has 0 radical (unpaired) electrons. The Morgan fingerprint density at radius 2 is 1.80 bits per heavy atom. The van der Waals surface area contributed by atoms with Gasteiger partial charge in [-0.1, -0.05) is 17.4 Å². The lowest BCUT2D eigenvalue weighted by atomic mass is 9.68. The Morgan fingerprint density at radius 3 is 2.50 bits per heavy atom. The number of esters is 1. The molecule has 0 spiro atoms. The minimum atomic E-state index is -1.22. The molecule has 2 aliphatic carbocycles. The average molecular weight is 589 g/mol. The molecule has 2 N–H and O–H groups in total. The molecular weight excluding hydrogens is 560 g/mol. The van der Waals surface area contributed by atoms with Crippen molar-refractivity contribution in [3.8, 4) is 11.5 Å². The van der Waals surface area contributed by atoms with E-state index >= 15 is 0 Å². The molecule has 2 saturated carbocycles. The molecule has 3 heterocycles. The third-order valence-electron chi connectivity index (χ3n) is 8.39. The zero-order valence-electron chi connectivity index (χ0n) is 21.8. The number of aromatic nitrogens is 1. The van der Waals surface area contributed by atoms with Crippen LogP contribution in [-0.4, -0.2) is 70.4 Å². The van der Waals surface area contributed by atoms with Crippen molar-refractivity contribution in [2.45, 2.75) is 36.5 Å². The number of thiazole rings is 1. The van der Waals surface area contributed by atoms with E-state index in [1.807, 2.05) is 19.1 Å². The van der Waals surface area contributed by atoms with E-state index in [9.17, 15) is 29.1 Å². The Bertz CT molecular complexity index is 1450. The van der Waals surface area contributed by atoms with Gasteiger partial charge in [0.15, 0.2) is 18.1 Å². The number of carbonyl (C=O) groups excluding carboxylic acids is 3. The number of H-pyrrole nitrogens is 1. The van der Waals surface area contributed by atoms with Crippen LogP contribution in [-0.2, 0) is 23.9 Å². The summed E-state index contributed by atoms with van der Waals surface area (Å²) in [6, 6.07) is 5.48. The van der Waals surface area contributed by atoms with Crippen molar-refractivity contribution < 1.29 is 38.5 Å². The molecule has 1 saturated heterocycles. The summed E-state index contributed by atoms with van der Waals surface area (Å²) >= 11 is 2.70. The first-order chi connectivity index (χ1) is 19.2. The molecule has 1 aromatic carbocycles. The predicted octanol–water partition coefficient (Wildman–Crippen LogP) is 2.33. The van der Waals surface area contributed by atoms with Gasteiger partial charge in [0.25, 0.3) is 0 Å². The van der Waals surface area contributed by atoms with E-state index in [0.29, 0.717) is 24.5 Å². The number of thioether (sulfide) groups is 1. The van der Waals surface area contributed by atoms with Crippen LogP contribution < -0.4 is 14.3 Å². The molecule has 7 atom stereocenters. The molecule has 3 fully saturated rings. The number of aliphatic carboxylic acids is 1. The number of carboxylic acids is 1. The largest absolute Gasteiger partial charge is 0.490 e. The first-order valence-corrected chi connectivity index (χ1v) is 14.9. The number of nitrogens with one attached hydrogen (secondary N) is 1. The number of fused-ring (bicyclic) bond motifs is 9. The van der Waals surface area contributed by atoms with Gasteiger partial charge in [0.05, 0.1) is 30.1 Å². The molecule has 40 heavy (non-hydrogen) atoms. The van der Waals surface area contributed by atoms with Gasteiger partial charge < -0.3 is 24.3 Å². The molecule has 4 aliphatic rings. The number of carboxylic acid groups (broad SMARTS) is 1. The van der Waals surface area contributed by atoms with E-state index in [2.05, 4.69) is 4.98 Å². The van der Waals surface area contributed by atoms with Crippen LogP contribution in [0.1, 0.15) is 36.6 Å². The standard InChI is InChI=1S/C27H28N2O9S2/c1-3-36-15-7-11(5-6-14(15)38-10-17(32)37-4-2)18-19-12-8-13(22(19)39-24-23(18)40-27(35)28-24)21-20(12)25(33)29(26(21)34)9-16(30)31/h5-7,12-13,18-22H,3-4,8-10H2,1-2H3,(H,28,35)(H,30,31)/t12?,13?,18-,19?,20?,21?,22?/m1/s1. The lowest BCUT2D eigenvalue weighted by Gasteiger charge is -2.43. The number of benzene rings is 1. The normalized spacial score (nSPS) is 29.6. The number of carbonyl (C=O) groups is 4. The number of nitrogens with zero attached hydrogens (tertiary/aromatic N) is 1. The Balaban J connectivity index is 1.38. The van der Waals surface area contributed by atoms with Crippen molar-refractivity contribution in [1.29, 1.82) is 0 Å². The summed E-state index contributed by atoms with van der Waals surface area (Å²) in [6.45, 7) is 3.27. The van der Waals surface area contributed by atoms with Crippen molar-refractivity contribution in [3.05, 3.63) is 38.3 Å². The molecule has 2 bridgehead atoms. The molecule has 6 unspecified atom stereocenters. The van der Waals surface area contributed by atoms with Crippen molar-refractivity contribution in [3.63, 3.8) is 0 Å². The van der Waals surface area contributed by atoms with Crippen molar-refractivity contribution in [2.24, 2.45) is 29.6 Å². The van der Waals surface area contributed by atoms with E-state index in [0.717, 1.165) is 31.7 Å². The maximum Gasteiger partial charge on any atom is 0.344 e. The highest BCUT2D eigenvalue weighted by atomic mass is 32.2. The minimum absolute atomic E-state index is 0.0224. The first kappa shape index (κ1) is 26.9. The second kappa shape index (κ2) is 10.3. The van der Waals surface area contributed by atoms with E-state index in [1.165, 1.54) is 0 Å². The van der Waals surface area contributed by atoms with Crippen molar-refractivity contribution in [2.75, 3.05) is 26.4 Å². The summed E-state index contributed by atoms with van der Waals surface area (Å²) < 4.78 is 16.5. The second-order valence-corrected chi connectivity index (χ2v) is 12.6. The highest BCUT2D eigenvalue weighted by Crippen LogP contribution is 2.68. The summed E-state index contributed by atoms with van der Waals surface area (Å²) in [6.07, 6.45) is 0.699. The highest BCUT2D eigenvalue weighted by Gasteiger charge is 2.69. The van der Waals surface area contributed by atoms with Crippen LogP contribution in [0.15, 0.2) is 28.0 Å². The van der Waals surface area contributed by atoms with E-state index in [4.69, 9.17) is 14.2 Å². The minimum Gasteiger partial charge on any atom is -0.490 e. The van der Waals surface area contributed by atoms with E-state index in [-0.39, 0.29) is 47.0 Å². The summed E-state index contributed by atoms with van der Waals surface area (Å²) in [5.41, 5.74) is 0.877. The van der Waals surface area contributed by atoms with Crippen LogP contribution in [0.2, 0.25) is 0 Å². The number of amides is 2. The molecule has 11 nitrogen and oxygen atoms in total. The Kier molecular flexibility index (Phi) is 6.89. The van der Waals surface area contributed by atoms with Crippen LogP contribution in [0, 0.1) is 29.6 Å². The lowest BCUT2D eigenvalue weighted by molar-refractivity contribution is -0.150. The highest BCUT2D eigenvalue weighted by molar-refractivity contribution is 8.00. The number of hydrogen-bond donors (Lipinski definition) is 2. The Hall–Kier alpha value is -3.32. The second-order valence-electron chi connectivity index (χ2n) is 10.3. The van der Waals surface area contributed by atoms with Gasteiger partial charge >= 0.3 is 16.8 Å². The molecule has 1 aromatic heterocycles. The number of rotatable bonds is 9. The zero-order valence-corrected chi connectivity index (χ0v) is 23.4. The van der Waals surface area contributed by atoms with Crippen LogP contribution >= 0.6 is 23.1 Å². The van der Waals surface area contributed by atoms with Crippen LogP contribution in [0.4, 0.5) is 0 Å². The molecule has 2 aromatic rings. The van der Waals surface area contributed by atoms with Gasteiger partial charge in [0.2, 0.25) is 11.8 Å². The summed E-state index contributed by atoms with van der Waals surface area (Å²) in [7, 11) is 0. The topological polar surface area (TPSA) is 152 Å². The number of aromatic amines is 1. The van der Waals surface area contributed by atoms with E-state index < -0.39 is 42.1 Å². The molecule has 2 amide bonds. The number of imide groups is 1. The van der Waals surface area contributed by atoms with Gasteiger partial charge in [-0.3, -0.25) is 24.1 Å². The summed E-state index contributed by atoms with van der Waals surface area (Å²) in [5.74, 6) is -3.28. The number of hydrogen-bond acceptors (Lipinski definition) is 10. The summed E-state index contributed by atoms with van der Waals surface area (Å²) in [4.78, 5) is 66.9. The van der Waals surface area contributed by atoms with E-state index in [1.54, 1.807) is 24.8 Å². The third-order valence-corrected chi connectivity index (χ3v) is 11.0. The molecule has 2 aliphatic heterocycles. The van der Waals surface area contributed by atoms with Gasteiger partial charge in [0, 0.05) is 16.0 Å². The quantitative estimate of drug-likeness (QED) is 0.330. The maximum absolute atomic E-state index is 13.4. The zero-order chi connectivity index (χ0) is 28.3. The van der Waals surface area contributed by atoms with Crippen LogP contribution in [0.25, 0.3) is 0 Å². The molecule has 6 rings (SSSR count). The third kappa shape index (κ3) is 4.21. The van der Waals surface area contributed by atoms with Gasteiger partial charge in [0.1, 0.15) is 6.54 Å². The maximum atomic E-state index is 13.4.